The predicted octanol–water partition coefficient (Wildman–Crippen LogP) is 7.70. The Morgan fingerprint density at radius 3 is 2.23 bits per heavy atom. The Balaban J connectivity index is 1.37. The average Bonchev–Trinajstić information content (AvgIpc) is 3.28. The molecular weight excluding hydrogens is 378 g/mol. The van der Waals surface area contributed by atoms with Crippen LogP contribution in [0, 0.1) is 17.8 Å². The number of aryl methyl sites for hydroxylation is 1. The molecule has 4 aliphatic rings. The van der Waals surface area contributed by atoms with Crippen LogP contribution < -0.4 is 0 Å². The second-order valence-corrected chi connectivity index (χ2v) is 10.9. The lowest BCUT2D eigenvalue weighted by Gasteiger charge is -2.57. The third-order valence-electron chi connectivity index (χ3n) is 9.16. The molecule has 2 aromatic heterocycles. The lowest BCUT2D eigenvalue weighted by Crippen LogP contribution is -2.48. The minimum Gasteiger partial charge on any atom is -0.454 e. The molecule has 0 N–H and O–H groups in total. The maximum absolute atomic E-state index is 6.66. The van der Waals surface area contributed by atoms with E-state index in [-0.39, 0.29) is 0 Å². The summed E-state index contributed by atoms with van der Waals surface area (Å²) in [6.45, 7) is 0. The van der Waals surface area contributed by atoms with Gasteiger partial charge in [0.05, 0.1) is 5.52 Å². The van der Waals surface area contributed by atoms with Crippen LogP contribution in [0.5, 0.6) is 0 Å². The number of benzene rings is 3. The van der Waals surface area contributed by atoms with Gasteiger partial charge in [0.2, 0.25) is 0 Å². The minimum atomic E-state index is 0.414. The molecule has 0 unspecified atom stereocenters. The highest BCUT2D eigenvalue weighted by atomic mass is 16.3. The first-order valence-corrected chi connectivity index (χ1v) is 12.0. The highest BCUT2D eigenvalue weighted by molar-refractivity contribution is 6.20. The van der Waals surface area contributed by atoms with Gasteiger partial charge in [-0.1, -0.05) is 36.4 Å². The molecule has 154 valence electrons. The molecule has 4 aliphatic carbocycles. The average molecular weight is 406 g/mol. The van der Waals surface area contributed by atoms with Crippen molar-refractivity contribution < 1.29 is 4.42 Å². The lowest BCUT2D eigenvalue weighted by molar-refractivity contribution is -0.00515. The number of rotatable bonds is 1. The molecule has 2 heterocycles. The van der Waals surface area contributed by atoms with Gasteiger partial charge in [0, 0.05) is 34.1 Å². The number of nitrogens with zero attached hydrogens (tertiary/aromatic N) is 1. The molecule has 4 fully saturated rings. The molecule has 3 aromatic carbocycles. The number of aromatic nitrogens is 1. The lowest BCUT2D eigenvalue weighted by atomic mass is 9.48. The van der Waals surface area contributed by atoms with E-state index in [9.17, 15) is 0 Å². The topological polar surface area (TPSA) is 18.1 Å². The van der Waals surface area contributed by atoms with Crippen LogP contribution in [0.4, 0.5) is 0 Å². The van der Waals surface area contributed by atoms with Crippen molar-refractivity contribution in [3.05, 3.63) is 60.2 Å². The maximum atomic E-state index is 6.66. The predicted molar refractivity (Wildman–Crippen MR) is 128 cm³/mol. The Bertz CT molecular complexity index is 1500. The Kier molecular flexibility index (Phi) is 3.02. The first-order valence-electron chi connectivity index (χ1n) is 12.0. The monoisotopic (exact) mass is 405 g/mol. The van der Waals surface area contributed by atoms with Gasteiger partial charge in [-0.2, -0.15) is 0 Å². The summed E-state index contributed by atoms with van der Waals surface area (Å²) in [4.78, 5) is 0. The molecule has 0 aliphatic heterocycles. The van der Waals surface area contributed by atoms with E-state index in [0.29, 0.717) is 5.41 Å². The van der Waals surface area contributed by atoms with Crippen molar-refractivity contribution in [1.29, 1.82) is 0 Å². The fraction of sp³-hybridized carbons (Fsp3) is 0.379. The van der Waals surface area contributed by atoms with Gasteiger partial charge >= 0.3 is 0 Å². The number of hydrogen-bond donors (Lipinski definition) is 0. The van der Waals surface area contributed by atoms with Gasteiger partial charge in [-0.05, 0) is 85.5 Å². The van der Waals surface area contributed by atoms with Gasteiger partial charge < -0.3 is 8.98 Å². The van der Waals surface area contributed by atoms with E-state index in [4.69, 9.17) is 4.42 Å². The van der Waals surface area contributed by atoms with Crippen molar-refractivity contribution in [2.24, 2.45) is 24.8 Å². The maximum Gasteiger partial charge on any atom is 0.159 e. The van der Waals surface area contributed by atoms with Gasteiger partial charge in [-0.15, -0.1) is 0 Å². The molecule has 0 atom stereocenters. The molecule has 5 aromatic rings. The summed E-state index contributed by atoms with van der Waals surface area (Å²) >= 11 is 0. The number of furan rings is 1. The van der Waals surface area contributed by atoms with Crippen LogP contribution in [-0.2, 0) is 12.5 Å². The first kappa shape index (κ1) is 16.9. The number of para-hydroxylation sites is 1. The largest absolute Gasteiger partial charge is 0.454 e. The zero-order valence-corrected chi connectivity index (χ0v) is 18.0. The standard InChI is InChI=1S/C29H27NO/c1-30-25-5-3-2-4-21(25)23-8-9-24-22-7-6-20(13-26(22)31-28(24)27(23)30)29-14-17-10-18(15-29)12-19(11-17)16-29/h2-9,13,17-19H,10-12,14-16H2,1H3. The number of fused-ring (bicyclic) bond motifs is 7. The van der Waals surface area contributed by atoms with E-state index in [1.807, 2.05) is 0 Å². The highest BCUT2D eigenvalue weighted by Gasteiger charge is 2.51. The van der Waals surface area contributed by atoms with E-state index >= 15 is 0 Å². The van der Waals surface area contributed by atoms with Gasteiger partial charge in [0.25, 0.3) is 0 Å². The van der Waals surface area contributed by atoms with E-state index in [1.165, 1.54) is 71.1 Å². The van der Waals surface area contributed by atoms with Crippen molar-refractivity contribution >= 4 is 43.7 Å². The molecular formula is C29H27NO. The smallest absolute Gasteiger partial charge is 0.159 e. The summed E-state index contributed by atoms with van der Waals surface area (Å²) in [7, 11) is 2.16. The summed E-state index contributed by atoms with van der Waals surface area (Å²) in [5.74, 6) is 2.90. The summed E-state index contributed by atoms with van der Waals surface area (Å²) in [5, 5.41) is 5.09. The summed E-state index contributed by atoms with van der Waals surface area (Å²) < 4.78 is 8.96. The third kappa shape index (κ3) is 2.09. The van der Waals surface area contributed by atoms with Crippen molar-refractivity contribution in [2.75, 3.05) is 0 Å². The minimum absolute atomic E-state index is 0.414. The molecule has 9 rings (SSSR count). The van der Waals surface area contributed by atoms with Crippen LogP contribution in [0.15, 0.2) is 59.0 Å². The molecule has 31 heavy (non-hydrogen) atoms. The highest BCUT2D eigenvalue weighted by Crippen LogP contribution is 2.61. The molecule has 0 radical (unpaired) electrons. The fourth-order valence-corrected chi connectivity index (χ4v) is 8.28. The van der Waals surface area contributed by atoms with Crippen LogP contribution >= 0.6 is 0 Å². The molecule has 2 nitrogen and oxygen atoms in total. The van der Waals surface area contributed by atoms with Crippen molar-refractivity contribution in [2.45, 2.75) is 43.9 Å². The zero-order chi connectivity index (χ0) is 20.3. The summed E-state index contributed by atoms with van der Waals surface area (Å²) in [5.41, 5.74) is 6.55. The first-order chi connectivity index (χ1) is 15.2. The van der Waals surface area contributed by atoms with Gasteiger partial charge in [0.1, 0.15) is 5.58 Å². The summed E-state index contributed by atoms with van der Waals surface area (Å²) in [6, 6.07) is 20.4. The van der Waals surface area contributed by atoms with Crippen LogP contribution in [0.2, 0.25) is 0 Å². The van der Waals surface area contributed by atoms with Crippen LogP contribution in [0.1, 0.15) is 44.1 Å². The Labute approximate surface area is 181 Å². The van der Waals surface area contributed by atoms with Crippen molar-refractivity contribution in [3.63, 3.8) is 0 Å². The molecule has 4 bridgehead atoms. The van der Waals surface area contributed by atoms with E-state index < -0.39 is 0 Å². The molecule has 4 saturated carbocycles. The SMILES string of the molecule is Cn1c2ccccc2c2ccc3c4ccc(C56CC7CC(CC(C7)C5)C6)cc4oc3c21. The second-order valence-electron chi connectivity index (χ2n) is 10.9. The normalized spacial score (nSPS) is 29.8. The van der Waals surface area contributed by atoms with Gasteiger partial charge in [-0.25, -0.2) is 0 Å². The van der Waals surface area contributed by atoms with E-state index in [0.717, 1.165) is 28.9 Å². The Hall–Kier alpha value is -2.74. The Morgan fingerprint density at radius 2 is 1.45 bits per heavy atom. The van der Waals surface area contributed by atoms with Crippen molar-refractivity contribution in [1.82, 2.24) is 4.57 Å². The van der Waals surface area contributed by atoms with Crippen molar-refractivity contribution in [3.8, 4) is 0 Å². The fourth-order valence-electron chi connectivity index (χ4n) is 8.28. The summed E-state index contributed by atoms with van der Waals surface area (Å²) in [6.07, 6.45) is 8.68. The van der Waals surface area contributed by atoms with Gasteiger partial charge in [0.15, 0.2) is 5.58 Å². The molecule has 0 spiro atoms. The number of hydrogen-bond acceptors (Lipinski definition) is 1. The third-order valence-corrected chi connectivity index (χ3v) is 9.16. The van der Waals surface area contributed by atoms with Crippen LogP contribution in [0.3, 0.4) is 0 Å². The van der Waals surface area contributed by atoms with Gasteiger partial charge in [-0.3, -0.25) is 0 Å². The van der Waals surface area contributed by atoms with Crippen LogP contribution in [0.25, 0.3) is 43.7 Å². The van der Waals surface area contributed by atoms with E-state index in [2.05, 4.69) is 66.2 Å². The Morgan fingerprint density at radius 1 is 0.774 bits per heavy atom. The molecule has 0 amide bonds. The zero-order valence-electron chi connectivity index (χ0n) is 18.0. The molecule has 2 heteroatoms. The quantitative estimate of drug-likeness (QED) is 0.279. The van der Waals surface area contributed by atoms with Crippen LogP contribution in [-0.4, -0.2) is 4.57 Å². The van der Waals surface area contributed by atoms with E-state index in [1.54, 1.807) is 5.56 Å². The molecule has 0 saturated heterocycles. The second kappa shape index (κ2) is 5.54.